The number of hydrogen-bond acceptors (Lipinski definition) is 0. The van der Waals surface area contributed by atoms with Crippen LogP contribution in [0.2, 0.25) is 0 Å². The molecule has 0 atom stereocenters. The van der Waals surface area contributed by atoms with Gasteiger partial charge in [-0.25, -0.2) is 0 Å². The summed E-state index contributed by atoms with van der Waals surface area (Å²) in [6, 6.07) is 41.8. The Kier molecular flexibility index (Phi) is 5.02. The Labute approximate surface area is 164 Å². The van der Waals surface area contributed by atoms with Crippen LogP contribution < -0.4 is 21.2 Å². The monoisotopic (exact) mass is 418 g/mol. The minimum atomic E-state index is -2.34. The first-order valence-corrected chi connectivity index (χ1v) is 11.5. The van der Waals surface area contributed by atoms with E-state index in [2.05, 4.69) is 131 Å². The van der Waals surface area contributed by atoms with Gasteiger partial charge in [-0.05, 0) is 0 Å². The first-order valence-electron chi connectivity index (χ1n) is 8.74. The molecule has 0 radical (unpaired) electrons. The number of benzene rings is 4. The average Bonchev–Trinajstić information content (AvgIpc) is 2.72. The molecule has 0 aromatic heterocycles. The summed E-state index contributed by atoms with van der Waals surface area (Å²) in [6.45, 7) is 0. The zero-order valence-electron chi connectivity index (χ0n) is 14.3. The summed E-state index contributed by atoms with van der Waals surface area (Å²) >= 11 is 3.60. The van der Waals surface area contributed by atoms with Crippen LogP contribution in [-0.2, 0) is 0 Å². The van der Waals surface area contributed by atoms with Crippen molar-refractivity contribution in [2.45, 2.75) is 0 Å². The van der Waals surface area contributed by atoms with E-state index in [1.165, 1.54) is 21.2 Å². The van der Waals surface area contributed by atoms with Crippen molar-refractivity contribution in [1.29, 1.82) is 0 Å². The van der Waals surface area contributed by atoms with Crippen LogP contribution >= 0.6 is 23.2 Å². The molecule has 0 aliphatic heterocycles. The summed E-state index contributed by atoms with van der Waals surface area (Å²) in [4.78, 5) is 0. The molecular weight excluding hydrogens is 399 g/mol. The summed E-state index contributed by atoms with van der Waals surface area (Å²) in [5.74, 6) is 0. The molecular formula is C24H20BrP. The molecule has 0 bridgehead atoms. The Morgan fingerprint density at radius 1 is 0.385 bits per heavy atom. The molecule has 0 spiro atoms. The van der Waals surface area contributed by atoms with E-state index in [-0.39, 0.29) is 0 Å². The number of hydrogen-bond donors (Lipinski definition) is 0. The first-order chi connectivity index (χ1) is 12.8. The van der Waals surface area contributed by atoms with Crippen molar-refractivity contribution >= 4 is 44.4 Å². The van der Waals surface area contributed by atoms with E-state index in [9.17, 15) is 0 Å². The quantitative estimate of drug-likeness (QED) is 0.417. The second kappa shape index (κ2) is 7.58. The van der Waals surface area contributed by atoms with Gasteiger partial charge in [0, 0.05) is 0 Å². The molecule has 0 N–H and O–H groups in total. The molecule has 2 heteroatoms. The van der Waals surface area contributed by atoms with Gasteiger partial charge in [0.1, 0.15) is 0 Å². The molecule has 26 heavy (non-hydrogen) atoms. The standard InChI is InChI=1S/C24H20BrP/c25-20-16-18-24(19-17-20)26(21-10-4-1-5-11-21,22-12-6-2-7-13-22)23-14-8-3-9-15-23/h1-19,26H. The van der Waals surface area contributed by atoms with Gasteiger partial charge in [0.05, 0.1) is 0 Å². The van der Waals surface area contributed by atoms with E-state index in [4.69, 9.17) is 0 Å². The van der Waals surface area contributed by atoms with E-state index < -0.39 is 7.26 Å². The molecule has 4 aromatic carbocycles. The molecule has 0 aliphatic rings. The summed E-state index contributed by atoms with van der Waals surface area (Å²) in [5, 5.41) is 5.60. The van der Waals surface area contributed by atoms with Crippen LogP contribution in [0.1, 0.15) is 0 Å². The summed E-state index contributed by atoms with van der Waals surface area (Å²) in [5.41, 5.74) is 0. The Hall–Kier alpha value is -2.21. The first kappa shape index (κ1) is 17.2. The van der Waals surface area contributed by atoms with Gasteiger partial charge >= 0.3 is 164 Å². The molecule has 0 aliphatic carbocycles. The van der Waals surface area contributed by atoms with Gasteiger partial charge in [0.25, 0.3) is 0 Å². The Balaban J connectivity index is 2.12. The maximum atomic E-state index is 3.60. The number of halogens is 1. The van der Waals surface area contributed by atoms with Crippen LogP contribution in [0.4, 0.5) is 0 Å². The van der Waals surface area contributed by atoms with Crippen molar-refractivity contribution in [2.24, 2.45) is 0 Å². The molecule has 4 rings (SSSR count). The predicted octanol–water partition coefficient (Wildman–Crippen LogP) is 4.80. The maximum absolute atomic E-state index is 3.60. The minimum absolute atomic E-state index is 1.11. The van der Waals surface area contributed by atoms with Crippen molar-refractivity contribution in [3.8, 4) is 0 Å². The van der Waals surface area contributed by atoms with Crippen molar-refractivity contribution in [3.05, 3.63) is 120 Å². The van der Waals surface area contributed by atoms with Crippen LogP contribution in [0.25, 0.3) is 0 Å². The number of rotatable bonds is 4. The third kappa shape index (κ3) is 3.03. The van der Waals surface area contributed by atoms with Crippen LogP contribution in [0.15, 0.2) is 120 Å². The molecule has 128 valence electrons. The Bertz CT molecular complexity index is 868. The van der Waals surface area contributed by atoms with E-state index >= 15 is 0 Å². The average molecular weight is 419 g/mol. The molecule has 0 nitrogen and oxygen atoms in total. The molecule has 0 saturated heterocycles. The third-order valence-corrected chi connectivity index (χ3v) is 10.2. The summed E-state index contributed by atoms with van der Waals surface area (Å²) in [7, 11) is -2.34. The normalized spacial score (nSPS) is 11.9. The summed E-state index contributed by atoms with van der Waals surface area (Å²) < 4.78 is 1.11. The third-order valence-electron chi connectivity index (χ3n) is 4.90. The van der Waals surface area contributed by atoms with Gasteiger partial charge in [0.2, 0.25) is 0 Å². The summed E-state index contributed by atoms with van der Waals surface area (Å²) in [6.07, 6.45) is 0. The van der Waals surface area contributed by atoms with Crippen LogP contribution in [0, 0.1) is 0 Å². The zero-order chi connectivity index (χ0) is 17.8. The second-order valence-corrected chi connectivity index (χ2v) is 11.1. The van der Waals surface area contributed by atoms with E-state index in [1.54, 1.807) is 0 Å². The van der Waals surface area contributed by atoms with E-state index in [1.807, 2.05) is 0 Å². The Morgan fingerprint density at radius 2 is 0.692 bits per heavy atom. The van der Waals surface area contributed by atoms with E-state index in [0.29, 0.717) is 0 Å². The van der Waals surface area contributed by atoms with Gasteiger partial charge in [0.15, 0.2) is 0 Å². The van der Waals surface area contributed by atoms with Crippen LogP contribution in [0.3, 0.4) is 0 Å². The predicted molar refractivity (Wildman–Crippen MR) is 120 cm³/mol. The van der Waals surface area contributed by atoms with Crippen molar-refractivity contribution in [3.63, 3.8) is 0 Å². The fourth-order valence-electron chi connectivity index (χ4n) is 3.76. The zero-order valence-corrected chi connectivity index (χ0v) is 16.9. The van der Waals surface area contributed by atoms with Gasteiger partial charge in [-0.15, -0.1) is 0 Å². The Morgan fingerprint density at radius 3 is 1.04 bits per heavy atom. The molecule has 0 amide bonds. The molecule has 0 saturated carbocycles. The van der Waals surface area contributed by atoms with Gasteiger partial charge < -0.3 is 0 Å². The van der Waals surface area contributed by atoms with Gasteiger partial charge in [-0.3, -0.25) is 0 Å². The second-order valence-electron chi connectivity index (χ2n) is 6.35. The van der Waals surface area contributed by atoms with Crippen molar-refractivity contribution < 1.29 is 0 Å². The molecule has 0 heterocycles. The molecule has 0 fully saturated rings. The van der Waals surface area contributed by atoms with Crippen molar-refractivity contribution in [1.82, 2.24) is 0 Å². The van der Waals surface area contributed by atoms with Crippen LogP contribution in [-0.4, -0.2) is 0 Å². The SMILES string of the molecule is Brc1ccc([PH](c2ccccc2)(c2ccccc2)c2ccccc2)cc1. The van der Waals surface area contributed by atoms with Gasteiger partial charge in [-0.1, -0.05) is 0 Å². The van der Waals surface area contributed by atoms with Gasteiger partial charge in [-0.2, -0.15) is 0 Å². The molecule has 4 aromatic rings. The fourth-order valence-corrected chi connectivity index (χ4v) is 8.77. The molecule has 0 unspecified atom stereocenters. The van der Waals surface area contributed by atoms with Crippen LogP contribution in [0.5, 0.6) is 0 Å². The van der Waals surface area contributed by atoms with E-state index in [0.717, 1.165) is 4.47 Å². The topological polar surface area (TPSA) is 0 Å². The fraction of sp³-hybridized carbons (Fsp3) is 0. The van der Waals surface area contributed by atoms with Crippen molar-refractivity contribution in [2.75, 3.05) is 0 Å².